The van der Waals surface area contributed by atoms with Crippen LogP contribution in [0.4, 0.5) is 0 Å². The lowest BCUT2D eigenvalue weighted by atomic mass is 10.1. The second-order valence-electron chi connectivity index (χ2n) is 2.73. The van der Waals surface area contributed by atoms with Crippen LogP contribution < -0.4 is 0 Å². The molecule has 0 heterocycles. The molecule has 0 heteroatoms. The van der Waals surface area contributed by atoms with Gasteiger partial charge in [0.2, 0.25) is 0 Å². The van der Waals surface area contributed by atoms with Gasteiger partial charge in [-0.25, -0.2) is 0 Å². The Bertz CT molecular complexity index is 249. The van der Waals surface area contributed by atoms with E-state index in [9.17, 15) is 0 Å². The van der Waals surface area contributed by atoms with Crippen molar-refractivity contribution in [3.05, 3.63) is 47.6 Å². The maximum Gasteiger partial charge on any atom is -0.00856 e. The first-order chi connectivity index (χ1) is 6.29. The van der Waals surface area contributed by atoms with E-state index in [1.165, 1.54) is 16.7 Å². The van der Waals surface area contributed by atoms with Crippen molar-refractivity contribution in [2.75, 3.05) is 0 Å². The molecule has 0 saturated carbocycles. The van der Waals surface area contributed by atoms with Gasteiger partial charge in [-0.2, -0.15) is 0 Å². The predicted octanol–water partition coefficient (Wildman–Crippen LogP) is 4.42. The third-order valence-electron chi connectivity index (χ3n) is 1.97. The van der Waals surface area contributed by atoms with Gasteiger partial charge in [0, 0.05) is 0 Å². The quantitative estimate of drug-likeness (QED) is 0.584. The normalized spacial score (nSPS) is 15.5. The fourth-order valence-corrected chi connectivity index (χ4v) is 1.39. The van der Waals surface area contributed by atoms with E-state index in [4.69, 9.17) is 0 Å². The molecule has 0 amide bonds. The molecule has 0 aromatic carbocycles. The van der Waals surface area contributed by atoms with Crippen LogP contribution in [0, 0.1) is 0 Å². The van der Waals surface area contributed by atoms with Crippen molar-refractivity contribution in [1.29, 1.82) is 0 Å². The molecule has 0 radical (unpaired) electrons. The van der Waals surface area contributed by atoms with Gasteiger partial charge >= 0.3 is 0 Å². The maximum absolute atomic E-state index is 3.79. The molecule has 0 bridgehead atoms. The zero-order valence-corrected chi connectivity index (χ0v) is 9.22. The van der Waals surface area contributed by atoms with Gasteiger partial charge in [0.05, 0.1) is 0 Å². The molecule has 0 aromatic rings. The summed E-state index contributed by atoms with van der Waals surface area (Å²) in [6.07, 6.45) is 9.48. The second-order valence-corrected chi connectivity index (χ2v) is 2.73. The molecule has 1 aliphatic rings. The van der Waals surface area contributed by atoms with Crippen LogP contribution in [0.1, 0.15) is 34.1 Å². The maximum atomic E-state index is 3.79. The van der Waals surface area contributed by atoms with Crippen molar-refractivity contribution in [2.24, 2.45) is 0 Å². The van der Waals surface area contributed by atoms with E-state index in [0.717, 1.165) is 6.42 Å². The summed E-state index contributed by atoms with van der Waals surface area (Å²) < 4.78 is 0. The van der Waals surface area contributed by atoms with Gasteiger partial charge in [0.25, 0.3) is 0 Å². The van der Waals surface area contributed by atoms with E-state index in [1.54, 1.807) is 0 Å². The van der Waals surface area contributed by atoms with Crippen LogP contribution >= 0.6 is 0 Å². The number of hydrogen-bond acceptors (Lipinski definition) is 0. The largest absolute Gasteiger partial charge is 0.0985 e. The van der Waals surface area contributed by atoms with Crippen LogP contribution in [0.5, 0.6) is 0 Å². The average Bonchev–Trinajstić information content (AvgIpc) is 2.51. The van der Waals surface area contributed by atoms with Crippen LogP contribution in [0.15, 0.2) is 47.6 Å². The van der Waals surface area contributed by atoms with Crippen molar-refractivity contribution in [3.63, 3.8) is 0 Å². The smallest absolute Gasteiger partial charge is 0.00856 e. The summed E-state index contributed by atoms with van der Waals surface area (Å²) >= 11 is 0. The Hall–Kier alpha value is -1.04. The Morgan fingerprint density at radius 3 is 2.46 bits per heavy atom. The SMILES string of the molecule is C=CC1=C(/C=C\C)CC=C1C.CC. The van der Waals surface area contributed by atoms with Crippen LogP contribution in [0.25, 0.3) is 0 Å². The highest BCUT2D eigenvalue weighted by molar-refractivity contribution is 5.51. The summed E-state index contributed by atoms with van der Waals surface area (Å²) in [6, 6.07) is 0. The molecule has 1 aliphatic carbocycles. The van der Waals surface area contributed by atoms with Crippen molar-refractivity contribution in [3.8, 4) is 0 Å². The van der Waals surface area contributed by atoms with Crippen LogP contribution in [0.2, 0.25) is 0 Å². The minimum absolute atomic E-state index is 1.07. The molecule has 0 fully saturated rings. The highest BCUT2D eigenvalue weighted by Gasteiger charge is 2.07. The van der Waals surface area contributed by atoms with E-state index in [1.807, 2.05) is 26.8 Å². The molecule has 0 nitrogen and oxygen atoms in total. The molecule has 1 rings (SSSR count). The Morgan fingerprint density at radius 2 is 2.00 bits per heavy atom. The number of allylic oxidation sites excluding steroid dienone is 7. The summed E-state index contributed by atoms with van der Waals surface area (Å²) in [6.45, 7) is 12.0. The van der Waals surface area contributed by atoms with Crippen LogP contribution in [-0.4, -0.2) is 0 Å². The summed E-state index contributed by atoms with van der Waals surface area (Å²) in [5.41, 5.74) is 4.05. The number of hydrogen-bond donors (Lipinski definition) is 0. The number of rotatable bonds is 2. The molecule has 0 aromatic heterocycles. The molecule has 0 atom stereocenters. The minimum atomic E-state index is 1.07. The predicted molar refractivity (Wildman–Crippen MR) is 61.8 cm³/mol. The molecule has 0 unspecified atom stereocenters. The molecular weight excluding hydrogens is 156 g/mol. The van der Waals surface area contributed by atoms with Gasteiger partial charge in [-0.15, -0.1) is 0 Å². The third kappa shape index (κ3) is 3.06. The fourth-order valence-electron chi connectivity index (χ4n) is 1.39. The second kappa shape index (κ2) is 6.47. The third-order valence-corrected chi connectivity index (χ3v) is 1.97. The van der Waals surface area contributed by atoms with Crippen molar-refractivity contribution < 1.29 is 0 Å². The van der Waals surface area contributed by atoms with E-state index in [2.05, 4.69) is 31.7 Å². The van der Waals surface area contributed by atoms with Crippen molar-refractivity contribution >= 4 is 0 Å². The Morgan fingerprint density at radius 1 is 1.38 bits per heavy atom. The van der Waals surface area contributed by atoms with Crippen LogP contribution in [0.3, 0.4) is 0 Å². The van der Waals surface area contributed by atoms with E-state index >= 15 is 0 Å². The van der Waals surface area contributed by atoms with Gasteiger partial charge in [-0.1, -0.05) is 44.7 Å². The van der Waals surface area contributed by atoms with E-state index in [0.29, 0.717) is 0 Å². The average molecular weight is 176 g/mol. The lowest BCUT2D eigenvalue weighted by Crippen LogP contribution is -1.78. The summed E-state index contributed by atoms with van der Waals surface area (Å²) in [4.78, 5) is 0. The molecule has 0 aliphatic heterocycles. The van der Waals surface area contributed by atoms with Crippen molar-refractivity contribution in [2.45, 2.75) is 34.1 Å². The Balaban J connectivity index is 0.000000671. The van der Waals surface area contributed by atoms with E-state index < -0.39 is 0 Å². The first-order valence-corrected chi connectivity index (χ1v) is 4.95. The molecule has 0 N–H and O–H groups in total. The lowest BCUT2D eigenvalue weighted by Gasteiger charge is -1.97. The molecular formula is C13H20. The first kappa shape index (κ1) is 12.0. The lowest BCUT2D eigenvalue weighted by molar-refractivity contribution is 1.31. The van der Waals surface area contributed by atoms with Gasteiger partial charge in [-0.05, 0) is 37.0 Å². The summed E-state index contributed by atoms with van der Waals surface area (Å²) in [5.74, 6) is 0. The molecule has 0 spiro atoms. The minimum Gasteiger partial charge on any atom is -0.0985 e. The van der Waals surface area contributed by atoms with Crippen molar-refractivity contribution in [1.82, 2.24) is 0 Å². The van der Waals surface area contributed by atoms with Crippen LogP contribution in [-0.2, 0) is 0 Å². The van der Waals surface area contributed by atoms with Gasteiger partial charge in [0.1, 0.15) is 0 Å². The topological polar surface area (TPSA) is 0 Å². The summed E-state index contributed by atoms with van der Waals surface area (Å²) in [7, 11) is 0. The Labute approximate surface area is 82.4 Å². The van der Waals surface area contributed by atoms with E-state index in [-0.39, 0.29) is 0 Å². The Kier molecular flexibility index (Phi) is 5.96. The molecule has 13 heavy (non-hydrogen) atoms. The highest BCUT2D eigenvalue weighted by atomic mass is 14.1. The van der Waals surface area contributed by atoms with Gasteiger partial charge in [-0.3, -0.25) is 0 Å². The first-order valence-electron chi connectivity index (χ1n) is 4.95. The highest BCUT2D eigenvalue weighted by Crippen LogP contribution is 2.27. The zero-order valence-electron chi connectivity index (χ0n) is 9.22. The standard InChI is InChI=1S/C11H14.C2H6/c1-4-6-10-8-7-9(3)11(10)5-2;1-2/h4-7H,2,8H2,1,3H3;1-2H3/b6-4-;. The zero-order chi connectivity index (χ0) is 10.3. The molecule has 0 saturated heterocycles. The fraction of sp³-hybridized carbons (Fsp3) is 0.385. The van der Waals surface area contributed by atoms with Gasteiger partial charge < -0.3 is 0 Å². The summed E-state index contributed by atoms with van der Waals surface area (Å²) in [5, 5.41) is 0. The van der Waals surface area contributed by atoms with Gasteiger partial charge in [0.15, 0.2) is 0 Å². The molecule has 72 valence electrons. The monoisotopic (exact) mass is 176 g/mol.